The van der Waals surface area contributed by atoms with Gasteiger partial charge >= 0.3 is 0 Å². The van der Waals surface area contributed by atoms with E-state index < -0.39 is 0 Å². The first-order valence-corrected chi connectivity index (χ1v) is 10.8. The lowest BCUT2D eigenvalue weighted by atomic mass is 10.1. The van der Waals surface area contributed by atoms with E-state index in [0.717, 1.165) is 51.6 Å². The quantitative estimate of drug-likeness (QED) is 0.243. The van der Waals surface area contributed by atoms with E-state index in [1.54, 1.807) is 0 Å². The molecule has 2 aliphatic heterocycles. The molecule has 1 unspecified atom stereocenters. The number of fused-ring (bicyclic) bond motifs is 1. The Morgan fingerprint density at radius 1 is 1.17 bits per heavy atom. The van der Waals surface area contributed by atoms with Crippen LogP contribution in [0.25, 0.3) is 0 Å². The molecule has 1 aromatic carbocycles. The van der Waals surface area contributed by atoms with E-state index in [-0.39, 0.29) is 29.9 Å². The standard InChI is InChI=1S/C22H35N5O.HI/c1-3-23-22(25-15-20-11-8-14-26(20)4-2)24-13-7-12-21(28)27-16-18-9-5-6-10-19(18)17-27;/h5-6,9-10,20H,3-4,7-8,11-17H2,1-2H3,(H2,23,24,25);1H. The van der Waals surface area contributed by atoms with Crippen LogP contribution in [0.3, 0.4) is 0 Å². The van der Waals surface area contributed by atoms with E-state index in [2.05, 4.69) is 41.5 Å². The first-order valence-electron chi connectivity index (χ1n) is 10.8. The fourth-order valence-electron chi connectivity index (χ4n) is 4.17. The van der Waals surface area contributed by atoms with E-state index in [9.17, 15) is 4.79 Å². The highest BCUT2D eigenvalue weighted by atomic mass is 127. The minimum absolute atomic E-state index is 0. The van der Waals surface area contributed by atoms with E-state index in [0.29, 0.717) is 12.5 Å². The van der Waals surface area contributed by atoms with Gasteiger partial charge in [-0.1, -0.05) is 31.2 Å². The number of hydrogen-bond acceptors (Lipinski definition) is 3. The molecule has 2 N–H and O–H groups in total. The molecule has 0 aliphatic carbocycles. The van der Waals surface area contributed by atoms with Gasteiger partial charge in [0.25, 0.3) is 0 Å². The number of guanidine groups is 1. The maximum atomic E-state index is 12.5. The van der Waals surface area contributed by atoms with E-state index >= 15 is 0 Å². The molecule has 0 bridgehead atoms. The fourth-order valence-corrected chi connectivity index (χ4v) is 4.17. The number of likely N-dealkylation sites (tertiary alicyclic amines) is 1. The number of aliphatic imine (C=N–C) groups is 1. The third-order valence-electron chi connectivity index (χ3n) is 5.76. The highest BCUT2D eigenvalue weighted by Crippen LogP contribution is 2.22. The molecule has 0 saturated carbocycles. The lowest BCUT2D eigenvalue weighted by Gasteiger charge is -2.21. The number of hydrogen-bond donors (Lipinski definition) is 2. The molecular weight excluding hydrogens is 477 g/mol. The Hall–Kier alpha value is -1.35. The van der Waals surface area contributed by atoms with E-state index in [1.807, 2.05) is 17.0 Å². The number of nitrogens with zero attached hydrogens (tertiary/aromatic N) is 3. The highest BCUT2D eigenvalue weighted by molar-refractivity contribution is 14.0. The molecule has 2 heterocycles. The molecule has 0 radical (unpaired) electrons. The predicted octanol–water partition coefficient (Wildman–Crippen LogP) is 2.97. The summed E-state index contributed by atoms with van der Waals surface area (Å²) in [6.45, 7) is 10.6. The molecule has 2 aliphatic rings. The number of carbonyl (C=O) groups excluding carboxylic acids is 1. The Morgan fingerprint density at radius 2 is 1.90 bits per heavy atom. The number of rotatable bonds is 8. The molecule has 0 aromatic heterocycles. The van der Waals surface area contributed by atoms with Crippen LogP contribution in [0.4, 0.5) is 0 Å². The molecule has 1 saturated heterocycles. The highest BCUT2D eigenvalue weighted by Gasteiger charge is 2.23. The summed E-state index contributed by atoms with van der Waals surface area (Å²) >= 11 is 0. The minimum Gasteiger partial charge on any atom is -0.357 e. The number of benzene rings is 1. The minimum atomic E-state index is 0. The van der Waals surface area contributed by atoms with Gasteiger partial charge in [0.2, 0.25) is 5.91 Å². The summed E-state index contributed by atoms with van der Waals surface area (Å²) in [6.07, 6.45) is 3.91. The van der Waals surface area contributed by atoms with Gasteiger partial charge in [0.1, 0.15) is 0 Å². The monoisotopic (exact) mass is 513 g/mol. The summed E-state index contributed by atoms with van der Waals surface area (Å²) in [5.74, 6) is 1.11. The van der Waals surface area contributed by atoms with E-state index in [1.165, 1.54) is 30.5 Å². The molecule has 1 amide bonds. The van der Waals surface area contributed by atoms with Gasteiger partial charge in [0.05, 0.1) is 6.54 Å². The van der Waals surface area contributed by atoms with Crippen LogP contribution < -0.4 is 10.6 Å². The topological polar surface area (TPSA) is 60.0 Å². The average molecular weight is 513 g/mol. The summed E-state index contributed by atoms with van der Waals surface area (Å²) in [5, 5.41) is 6.71. The fraction of sp³-hybridized carbons (Fsp3) is 0.636. The van der Waals surface area contributed by atoms with Gasteiger partial charge in [0.15, 0.2) is 5.96 Å². The first-order chi connectivity index (χ1) is 13.7. The van der Waals surface area contributed by atoms with Crippen molar-refractivity contribution in [3.05, 3.63) is 35.4 Å². The molecule has 162 valence electrons. The zero-order valence-electron chi connectivity index (χ0n) is 17.8. The molecular formula is C22H36IN5O. The Bertz CT molecular complexity index is 656. The Labute approximate surface area is 192 Å². The van der Waals surface area contributed by atoms with Crippen LogP contribution in [0.15, 0.2) is 29.3 Å². The van der Waals surface area contributed by atoms with Gasteiger partial charge in [0, 0.05) is 38.6 Å². The van der Waals surface area contributed by atoms with Crippen molar-refractivity contribution >= 4 is 35.8 Å². The van der Waals surface area contributed by atoms with Crippen molar-refractivity contribution in [2.75, 3.05) is 32.7 Å². The van der Waals surface area contributed by atoms with Crippen molar-refractivity contribution < 1.29 is 4.79 Å². The Balaban J connectivity index is 0.00000300. The second-order valence-corrected chi connectivity index (χ2v) is 7.69. The van der Waals surface area contributed by atoms with Crippen molar-refractivity contribution in [3.8, 4) is 0 Å². The average Bonchev–Trinajstić information content (AvgIpc) is 3.35. The van der Waals surface area contributed by atoms with Gasteiger partial charge in [-0.15, -0.1) is 24.0 Å². The number of amides is 1. The number of likely N-dealkylation sites (N-methyl/N-ethyl adjacent to an activating group) is 1. The molecule has 3 rings (SSSR count). The van der Waals surface area contributed by atoms with Crippen LogP contribution >= 0.6 is 24.0 Å². The van der Waals surface area contributed by atoms with Crippen LogP contribution in [-0.4, -0.2) is 60.4 Å². The lowest BCUT2D eigenvalue weighted by Crippen LogP contribution is -2.40. The summed E-state index contributed by atoms with van der Waals surface area (Å²) in [5.41, 5.74) is 2.56. The van der Waals surface area contributed by atoms with Crippen LogP contribution in [0.1, 0.15) is 50.7 Å². The van der Waals surface area contributed by atoms with Crippen molar-refractivity contribution in [2.45, 2.75) is 58.7 Å². The second kappa shape index (κ2) is 12.4. The SMILES string of the molecule is CCNC(=NCC1CCCN1CC)NCCCC(=O)N1Cc2ccccc2C1.I. The van der Waals surface area contributed by atoms with Crippen molar-refractivity contribution in [1.29, 1.82) is 0 Å². The third kappa shape index (κ3) is 6.84. The summed E-state index contributed by atoms with van der Waals surface area (Å²) in [7, 11) is 0. The maximum Gasteiger partial charge on any atom is 0.223 e. The van der Waals surface area contributed by atoms with Crippen LogP contribution in [0.5, 0.6) is 0 Å². The number of carbonyl (C=O) groups is 1. The lowest BCUT2D eigenvalue weighted by molar-refractivity contribution is -0.131. The van der Waals surface area contributed by atoms with Crippen LogP contribution in [-0.2, 0) is 17.9 Å². The summed E-state index contributed by atoms with van der Waals surface area (Å²) in [4.78, 5) is 21.7. The maximum absolute atomic E-state index is 12.5. The predicted molar refractivity (Wildman–Crippen MR) is 130 cm³/mol. The van der Waals surface area contributed by atoms with Crippen LogP contribution in [0, 0.1) is 0 Å². The van der Waals surface area contributed by atoms with Gasteiger partial charge in [-0.2, -0.15) is 0 Å². The molecule has 1 fully saturated rings. The second-order valence-electron chi connectivity index (χ2n) is 7.69. The Kier molecular flexibility index (Phi) is 10.2. The largest absolute Gasteiger partial charge is 0.357 e. The third-order valence-corrected chi connectivity index (χ3v) is 5.76. The number of nitrogens with one attached hydrogen (secondary N) is 2. The Morgan fingerprint density at radius 3 is 2.55 bits per heavy atom. The normalized spacial score (nSPS) is 19.0. The van der Waals surface area contributed by atoms with Gasteiger partial charge in [-0.25, -0.2) is 0 Å². The number of halogens is 1. The molecule has 6 nitrogen and oxygen atoms in total. The van der Waals surface area contributed by atoms with Crippen LogP contribution in [0.2, 0.25) is 0 Å². The van der Waals surface area contributed by atoms with Crippen molar-refractivity contribution in [2.24, 2.45) is 4.99 Å². The smallest absolute Gasteiger partial charge is 0.223 e. The molecule has 1 atom stereocenters. The first kappa shape index (κ1) is 23.9. The molecule has 0 spiro atoms. The van der Waals surface area contributed by atoms with Gasteiger partial charge < -0.3 is 15.5 Å². The van der Waals surface area contributed by atoms with Crippen molar-refractivity contribution in [1.82, 2.24) is 20.4 Å². The molecule has 1 aromatic rings. The summed E-state index contributed by atoms with van der Waals surface area (Å²) in [6, 6.07) is 8.90. The van der Waals surface area contributed by atoms with Crippen molar-refractivity contribution in [3.63, 3.8) is 0 Å². The van der Waals surface area contributed by atoms with Gasteiger partial charge in [-0.3, -0.25) is 14.7 Å². The zero-order chi connectivity index (χ0) is 19.8. The summed E-state index contributed by atoms with van der Waals surface area (Å²) < 4.78 is 0. The zero-order valence-corrected chi connectivity index (χ0v) is 20.2. The molecule has 29 heavy (non-hydrogen) atoms. The van der Waals surface area contributed by atoms with Gasteiger partial charge in [-0.05, 0) is 50.4 Å². The van der Waals surface area contributed by atoms with E-state index in [4.69, 9.17) is 4.99 Å². The molecule has 7 heteroatoms.